The summed E-state index contributed by atoms with van der Waals surface area (Å²) in [6, 6.07) is 8.53. The van der Waals surface area contributed by atoms with Crippen molar-refractivity contribution in [3.8, 4) is 0 Å². The van der Waals surface area contributed by atoms with Gasteiger partial charge >= 0.3 is 0 Å². The Kier molecular flexibility index (Phi) is 3.01. The minimum absolute atomic E-state index is 0.0254. The highest BCUT2D eigenvalue weighted by Crippen LogP contribution is 2.24. The topological polar surface area (TPSA) is 43.1 Å². The first-order valence-corrected chi connectivity index (χ1v) is 4.31. The third-order valence-corrected chi connectivity index (χ3v) is 2.00. The lowest BCUT2D eigenvalue weighted by Crippen LogP contribution is -2.16. The fourth-order valence-corrected chi connectivity index (χ4v) is 1.40. The van der Waals surface area contributed by atoms with Gasteiger partial charge in [-0.2, -0.15) is 0 Å². The van der Waals surface area contributed by atoms with Crippen molar-refractivity contribution >= 4 is 0 Å². The van der Waals surface area contributed by atoms with Crippen molar-refractivity contribution in [2.75, 3.05) is 0 Å². The molecule has 13 heavy (non-hydrogen) atoms. The quantitative estimate of drug-likeness (QED) is 0.528. The van der Waals surface area contributed by atoms with Crippen molar-refractivity contribution < 1.29 is 4.92 Å². The molecule has 70 valence electrons. The molecule has 1 rings (SSSR count). The van der Waals surface area contributed by atoms with Gasteiger partial charge in [0.2, 0.25) is 6.04 Å². The summed E-state index contributed by atoms with van der Waals surface area (Å²) in [4.78, 5) is 10.5. The average Bonchev–Trinajstić information content (AvgIpc) is 2.04. The van der Waals surface area contributed by atoms with Crippen molar-refractivity contribution in [3.63, 3.8) is 0 Å². The molecule has 0 aliphatic carbocycles. The number of hydrogen-bond acceptors (Lipinski definition) is 2. The van der Waals surface area contributed by atoms with E-state index in [0.29, 0.717) is 0 Å². The molecule has 0 bridgehead atoms. The SMILES string of the molecule is CC(C)C(c1ccccc1)[N+](=O)[O-]. The third-order valence-electron chi connectivity index (χ3n) is 2.00. The van der Waals surface area contributed by atoms with E-state index in [1.807, 2.05) is 32.0 Å². The monoisotopic (exact) mass is 179 g/mol. The van der Waals surface area contributed by atoms with Gasteiger partial charge < -0.3 is 0 Å². The van der Waals surface area contributed by atoms with E-state index >= 15 is 0 Å². The Balaban J connectivity index is 2.96. The lowest BCUT2D eigenvalue weighted by atomic mass is 9.97. The molecule has 1 aromatic carbocycles. The van der Waals surface area contributed by atoms with E-state index in [9.17, 15) is 10.1 Å². The first kappa shape index (κ1) is 9.71. The summed E-state index contributed by atoms with van der Waals surface area (Å²) in [5.41, 5.74) is 0.780. The van der Waals surface area contributed by atoms with Gasteiger partial charge in [-0.05, 0) is 0 Å². The van der Waals surface area contributed by atoms with Crippen LogP contribution < -0.4 is 0 Å². The van der Waals surface area contributed by atoms with Gasteiger partial charge in [0.05, 0.1) is 0 Å². The van der Waals surface area contributed by atoms with Crippen LogP contribution in [0.4, 0.5) is 0 Å². The summed E-state index contributed by atoms with van der Waals surface area (Å²) in [7, 11) is 0. The molecule has 0 radical (unpaired) electrons. The predicted octanol–water partition coefficient (Wildman–Crippen LogP) is 2.66. The number of nitro groups is 1. The highest BCUT2D eigenvalue weighted by Gasteiger charge is 2.25. The lowest BCUT2D eigenvalue weighted by Gasteiger charge is -2.12. The molecule has 0 N–H and O–H groups in total. The average molecular weight is 179 g/mol. The molecule has 0 fully saturated rings. The van der Waals surface area contributed by atoms with Crippen LogP contribution in [-0.4, -0.2) is 4.92 Å². The van der Waals surface area contributed by atoms with Crippen LogP contribution in [0.3, 0.4) is 0 Å². The molecule has 0 saturated carbocycles. The number of benzene rings is 1. The molecule has 0 aromatic heterocycles. The molecule has 0 saturated heterocycles. The fraction of sp³-hybridized carbons (Fsp3) is 0.400. The highest BCUT2D eigenvalue weighted by atomic mass is 16.6. The summed E-state index contributed by atoms with van der Waals surface area (Å²) in [5.74, 6) is 0.0254. The molecule has 1 atom stereocenters. The van der Waals surface area contributed by atoms with Crippen LogP contribution in [0.1, 0.15) is 25.5 Å². The zero-order valence-electron chi connectivity index (χ0n) is 7.81. The normalized spacial score (nSPS) is 12.8. The van der Waals surface area contributed by atoms with Crippen LogP contribution in [-0.2, 0) is 0 Å². The maximum atomic E-state index is 10.7. The Morgan fingerprint density at radius 2 is 1.77 bits per heavy atom. The Bertz CT molecular complexity index is 282. The van der Waals surface area contributed by atoms with E-state index in [4.69, 9.17) is 0 Å². The van der Waals surface area contributed by atoms with Crippen LogP contribution >= 0.6 is 0 Å². The van der Waals surface area contributed by atoms with E-state index in [1.165, 1.54) is 0 Å². The predicted molar refractivity (Wildman–Crippen MR) is 51.0 cm³/mol. The molecular formula is C10H13NO2. The first-order valence-electron chi connectivity index (χ1n) is 4.31. The summed E-state index contributed by atoms with van der Waals surface area (Å²) in [5, 5.41) is 10.7. The third kappa shape index (κ3) is 2.28. The van der Waals surface area contributed by atoms with E-state index in [-0.39, 0.29) is 10.8 Å². The van der Waals surface area contributed by atoms with Crippen LogP contribution in [0.15, 0.2) is 30.3 Å². The minimum Gasteiger partial charge on any atom is -0.264 e. The maximum Gasteiger partial charge on any atom is 0.240 e. The largest absolute Gasteiger partial charge is 0.264 e. The summed E-state index contributed by atoms with van der Waals surface area (Å²) in [6.07, 6.45) is 0. The summed E-state index contributed by atoms with van der Waals surface area (Å²) in [6.45, 7) is 3.72. The van der Waals surface area contributed by atoms with Crippen molar-refractivity contribution in [3.05, 3.63) is 46.0 Å². The van der Waals surface area contributed by atoms with Crippen LogP contribution in [0, 0.1) is 16.0 Å². The van der Waals surface area contributed by atoms with Gasteiger partial charge in [-0.15, -0.1) is 0 Å². The molecular weight excluding hydrogens is 166 g/mol. The molecule has 0 amide bonds. The van der Waals surface area contributed by atoms with Gasteiger partial charge in [-0.25, -0.2) is 0 Å². The number of rotatable bonds is 3. The van der Waals surface area contributed by atoms with Gasteiger partial charge in [0.15, 0.2) is 0 Å². The lowest BCUT2D eigenvalue weighted by molar-refractivity contribution is -0.537. The van der Waals surface area contributed by atoms with Gasteiger partial charge in [0.25, 0.3) is 0 Å². The van der Waals surface area contributed by atoms with Gasteiger partial charge in [-0.1, -0.05) is 44.2 Å². The molecule has 1 aromatic rings. The van der Waals surface area contributed by atoms with E-state index in [2.05, 4.69) is 0 Å². The highest BCUT2D eigenvalue weighted by molar-refractivity contribution is 5.17. The Hall–Kier alpha value is -1.38. The van der Waals surface area contributed by atoms with Crippen molar-refractivity contribution in [1.29, 1.82) is 0 Å². The Morgan fingerprint density at radius 3 is 2.15 bits per heavy atom. The molecule has 3 nitrogen and oxygen atoms in total. The second-order valence-corrected chi connectivity index (χ2v) is 3.38. The zero-order valence-corrected chi connectivity index (χ0v) is 7.81. The maximum absolute atomic E-state index is 10.7. The van der Waals surface area contributed by atoms with Crippen LogP contribution in [0.5, 0.6) is 0 Å². The van der Waals surface area contributed by atoms with Gasteiger partial charge in [0.1, 0.15) is 0 Å². The first-order chi connectivity index (χ1) is 6.13. The van der Waals surface area contributed by atoms with Crippen LogP contribution in [0.25, 0.3) is 0 Å². The second-order valence-electron chi connectivity index (χ2n) is 3.38. The van der Waals surface area contributed by atoms with Crippen molar-refractivity contribution in [2.24, 2.45) is 5.92 Å². The van der Waals surface area contributed by atoms with E-state index in [1.54, 1.807) is 12.1 Å². The molecule has 3 heteroatoms. The standard InChI is InChI=1S/C10H13NO2/c1-8(2)10(11(12)13)9-6-4-3-5-7-9/h3-8,10H,1-2H3. The number of nitrogens with zero attached hydrogens (tertiary/aromatic N) is 1. The zero-order chi connectivity index (χ0) is 9.84. The van der Waals surface area contributed by atoms with E-state index in [0.717, 1.165) is 5.56 Å². The number of hydrogen-bond donors (Lipinski definition) is 0. The van der Waals surface area contributed by atoms with Crippen molar-refractivity contribution in [2.45, 2.75) is 19.9 Å². The summed E-state index contributed by atoms with van der Waals surface area (Å²) >= 11 is 0. The smallest absolute Gasteiger partial charge is 0.240 e. The molecule has 1 unspecified atom stereocenters. The van der Waals surface area contributed by atoms with Gasteiger partial charge in [-0.3, -0.25) is 10.1 Å². The Morgan fingerprint density at radius 1 is 1.23 bits per heavy atom. The van der Waals surface area contributed by atoms with Crippen molar-refractivity contribution in [1.82, 2.24) is 0 Å². The molecule has 0 aliphatic rings. The molecule has 0 aliphatic heterocycles. The summed E-state index contributed by atoms with van der Waals surface area (Å²) < 4.78 is 0. The second kappa shape index (κ2) is 4.03. The van der Waals surface area contributed by atoms with E-state index < -0.39 is 6.04 Å². The minimum atomic E-state index is -0.582. The van der Waals surface area contributed by atoms with Crippen LogP contribution in [0.2, 0.25) is 0 Å². The fourth-order valence-electron chi connectivity index (χ4n) is 1.40. The molecule has 0 spiro atoms. The molecule has 0 heterocycles. The Labute approximate surface area is 77.5 Å². The van der Waals surface area contributed by atoms with Gasteiger partial charge in [0, 0.05) is 16.4 Å².